The molecule has 0 aliphatic heterocycles. The largest absolute Gasteiger partial charge is 0.297 e. The van der Waals surface area contributed by atoms with E-state index in [1.54, 1.807) is 0 Å². The Morgan fingerprint density at radius 3 is 1.16 bits per heavy atom. The van der Waals surface area contributed by atoms with Crippen LogP contribution in [0, 0.1) is 27.7 Å². The normalized spacial score (nSPS) is 18.2. The zero-order chi connectivity index (χ0) is 91.2. The second kappa shape index (κ2) is 35.4. The number of nitrogens with zero attached hydrogens (tertiary/aromatic N) is 12. The van der Waals surface area contributed by atoms with Crippen molar-refractivity contribution in [3.05, 3.63) is 261 Å². The van der Waals surface area contributed by atoms with Gasteiger partial charge in [0.15, 0.2) is 44.1 Å². The molecule has 20 aromatic rings. The Kier molecular flexibility index (Phi) is 22.3. The number of fused-ring (bicyclic) bond motifs is 32. The van der Waals surface area contributed by atoms with Crippen molar-refractivity contribution < 1.29 is 18.1 Å². The van der Waals surface area contributed by atoms with Crippen LogP contribution in [0.4, 0.5) is 0 Å². The van der Waals surface area contributed by atoms with Crippen LogP contribution >= 0.6 is 0 Å². The monoisotopic (exact) mass is 1790 g/mol. The molecule has 8 aromatic carbocycles. The highest BCUT2D eigenvalue weighted by Gasteiger charge is 2.37. The molecule has 0 radical (unpaired) electrons. The summed E-state index contributed by atoms with van der Waals surface area (Å²) in [6.07, 6.45) is 52.3. The first-order valence-corrected chi connectivity index (χ1v) is 53.4. The summed E-state index contributed by atoms with van der Waals surface area (Å²) in [5.74, 6) is 5.42. The standard InChI is InChI=1S/2C32H36N3.2C30H32N3/c1-21-20-25(23-14-7-4-8-15-23)33-31-29(21)32-34(2)26-17-9-10-18-27(26)35(32)28-19-11-16-24(30(28)31)22-12-5-3-6-13-22;1-21-19-26(23-13-7-4-8-14-23)33-31-25-20-24(22-11-5-3-6-12-22)17-18-27(25)35-29-16-10-9-15-28(29)34(2)32(35)30(21)31;1-19-15-16-31-29-24-17-22(20-7-3-4-8-20)11-13-25(24)33-26-14-12-23(21-9-5-6-10-21)18-27(26)32(2)30(33)28(19)29;1-19-15-16-31-29-24-13-11-22(20-7-3-4-8-20)17-26(24)33-25-14-12-23(21-9-5-6-10-21)18-27(25)32(2)30(33)28(19)29/h9-11,16-20,22-23H,3-8,12-15H2,1-2H3;9-10,15-20,22-23H,3-8,11-14H2,1-2H3;2*11-18,20-21H,3-10H2,1-2H3/q4*+1. The van der Waals surface area contributed by atoms with Gasteiger partial charge in [-0.3, -0.25) is 19.9 Å². The predicted octanol–water partition coefficient (Wildman–Crippen LogP) is 30.5. The highest BCUT2D eigenvalue weighted by molar-refractivity contribution is 6.16. The van der Waals surface area contributed by atoms with Crippen molar-refractivity contribution in [3.8, 4) is 0 Å². The minimum atomic E-state index is 0.610. The number of hydrogen-bond acceptors (Lipinski definition) is 4. The zero-order valence-corrected chi connectivity index (χ0v) is 81.9. The second-order valence-electron chi connectivity index (χ2n) is 43.6. The average Bonchev–Trinajstić information content (AvgIpc) is 1.58. The van der Waals surface area contributed by atoms with E-state index >= 15 is 0 Å². The molecule has 0 saturated heterocycles. The lowest BCUT2D eigenvalue weighted by Gasteiger charge is -2.24. The van der Waals surface area contributed by atoms with E-state index in [0.717, 1.165) is 22.9 Å². The first-order valence-electron chi connectivity index (χ1n) is 53.4. The Labute approximate surface area is 800 Å². The number of benzene rings is 8. The van der Waals surface area contributed by atoms with Crippen LogP contribution in [-0.4, -0.2) is 37.7 Å². The number of hydrogen-bond donors (Lipinski definition) is 0. The minimum Gasteiger partial charge on any atom is -0.255 e. The number of imidazole rings is 4. The van der Waals surface area contributed by atoms with Gasteiger partial charge in [0, 0.05) is 51.8 Å². The molecule has 12 nitrogen and oxygen atoms in total. The van der Waals surface area contributed by atoms with Crippen molar-refractivity contribution >= 4 is 154 Å². The Balaban J connectivity index is 0.0000000966. The molecule has 0 unspecified atom stereocenters. The van der Waals surface area contributed by atoms with Gasteiger partial charge in [-0.1, -0.05) is 195 Å². The fraction of sp³-hybridized carbons (Fsp3) is 0.419. The van der Waals surface area contributed by atoms with E-state index in [1.807, 2.05) is 12.4 Å². The molecule has 12 heterocycles. The molecule has 12 heteroatoms. The lowest BCUT2D eigenvalue weighted by molar-refractivity contribution is -0.617. The van der Waals surface area contributed by atoms with Crippen molar-refractivity contribution in [2.24, 2.45) is 28.2 Å². The van der Waals surface area contributed by atoms with Crippen LogP contribution in [0.3, 0.4) is 0 Å². The van der Waals surface area contributed by atoms with E-state index in [1.165, 1.54) is 441 Å². The maximum Gasteiger partial charge on any atom is 0.297 e. The van der Waals surface area contributed by atoms with E-state index in [2.05, 4.69) is 274 Å². The molecule has 0 spiro atoms. The molecule has 8 saturated carbocycles. The predicted molar refractivity (Wildman–Crippen MR) is 563 cm³/mol. The summed E-state index contributed by atoms with van der Waals surface area (Å²) >= 11 is 0. The summed E-state index contributed by atoms with van der Waals surface area (Å²) in [5.41, 5.74) is 42.4. The first kappa shape index (κ1) is 85.9. The van der Waals surface area contributed by atoms with Gasteiger partial charge in [0.05, 0.1) is 77.2 Å². The quantitative estimate of drug-likeness (QED) is 0.112. The Hall–Kier alpha value is -11.8. The molecule has 28 rings (SSSR count). The number of aromatic nitrogens is 12. The summed E-state index contributed by atoms with van der Waals surface area (Å²) in [7, 11) is 8.92. The Morgan fingerprint density at radius 2 is 0.625 bits per heavy atom. The Bertz CT molecular complexity index is 8170. The number of pyridine rings is 8. The average molecular weight is 1790 g/mol. The Morgan fingerprint density at radius 1 is 0.250 bits per heavy atom. The molecule has 8 aliphatic carbocycles. The van der Waals surface area contributed by atoms with Crippen LogP contribution in [0.5, 0.6) is 0 Å². The van der Waals surface area contributed by atoms with Crippen molar-refractivity contribution in [3.63, 3.8) is 0 Å². The lowest BCUT2D eigenvalue weighted by Crippen LogP contribution is -2.27. The fourth-order valence-corrected chi connectivity index (χ4v) is 28.4. The molecule has 0 bridgehead atoms. The van der Waals surface area contributed by atoms with Crippen LogP contribution in [0.25, 0.3) is 154 Å². The second-order valence-corrected chi connectivity index (χ2v) is 43.6. The number of rotatable bonds is 8. The number of aryl methyl sites for hydroxylation is 8. The SMILES string of the molecule is Cc1cc(C2CCCCC2)nc2c3c(C4CCCCC4)cccc3n3c4ccccc4[n+](C)c3c12.Cc1cc(C2CCCCC2)nc2c3cc(C4CCCCC4)ccc3n3c4ccccc4[n+](C)c3c12.Cc1ccnc2c3cc(C4CCCC4)ccc3[n+]3c4ccc(C5CCCC5)cc4n(C)c3c12.Cc1ccnc2c3ccc(C4CCCC4)cc3n3c4ccc(C5CCCC5)cc4[n+](C)c3c12. The van der Waals surface area contributed by atoms with Gasteiger partial charge in [0.2, 0.25) is 0 Å². The molecular weight excluding hydrogens is 1660 g/mol. The summed E-state index contributed by atoms with van der Waals surface area (Å²) < 4.78 is 19.6. The minimum absolute atomic E-state index is 0.610. The van der Waals surface area contributed by atoms with E-state index in [-0.39, 0.29) is 0 Å². The third-order valence-electron chi connectivity index (χ3n) is 35.6. The molecule has 8 fully saturated rings. The smallest absolute Gasteiger partial charge is 0.255 e. The van der Waals surface area contributed by atoms with E-state index in [4.69, 9.17) is 19.9 Å². The molecule has 0 amide bonds. The van der Waals surface area contributed by atoms with Crippen LogP contribution in [0.15, 0.2) is 194 Å². The summed E-state index contributed by atoms with van der Waals surface area (Å²) in [4.78, 5) is 21.0. The number of para-hydroxylation sites is 4. The van der Waals surface area contributed by atoms with Crippen molar-refractivity contribution in [1.29, 1.82) is 0 Å². The topological polar surface area (TPSA) is 85.5 Å². The van der Waals surface area contributed by atoms with Gasteiger partial charge in [0.25, 0.3) is 22.6 Å². The molecular formula is C124H136N12+4. The van der Waals surface area contributed by atoms with Crippen molar-refractivity contribution in [2.45, 2.75) is 306 Å². The van der Waals surface area contributed by atoms with E-state index in [9.17, 15) is 0 Å². The zero-order valence-electron chi connectivity index (χ0n) is 81.9. The van der Waals surface area contributed by atoms with E-state index < -0.39 is 0 Å². The van der Waals surface area contributed by atoms with Gasteiger partial charge in [-0.15, -0.1) is 0 Å². The van der Waals surface area contributed by atoms with Crippen LogP contribution in [-0.2, 0) is 28.2 Å². The summed E-state index contributed by atoms with van der Waals surface area (Å²) in [6.45, 7) is 9.09. The van der Waals surface area contributed by atoms with Gasteiger partial charge in [-0.25, -0.2) is 18.3 Å². The summed E-state index contributed by atoms with van der Waals surface area (Å²) in [6, 6.07) is 70.1. The third-order valence-corrected chi connectivity index (χ3v) is 35.6. The van der Waals surface area contributed by atoms with Gasteiger partial charge < -0.3 is 0 Å². The van der Waals surface area contributed by atoms with Crippen LogP contribution in [0.2, 0.25) is 0 Å². The van der Waals surface area contributed by atoms with E-state index in [0.29, 0.717) is 35.5 Å². The molecule has 0 N–H and O–H groups in total. The third kappa shape index (κ3) is 14.4. The van der Waals surface area contributed by atoms with Gasteiger partial charge in [0.1, 0.15) is 22.1 Å². The highest BCUT2D eigenvalue weighted by Crippen LogP contribution is 2.49. The molecule has 688 valence electrons. The molecule has 0 atom stereocenters. The molecule has 12 aromatic heterocycles. The van der Waals surface area contributed by atoms with Crippen LogP contribution in [0.1, 0.15) is 346 Å². The maximum atomic E-state index is 5.58. The first-order chi connectivity index (χ1) is 66.8. The van der Waals surface area contributed by atoms with Crippen molar-refractivity contribution in [2.75, 3.05) is 0 Å². The highest BCUT2D eigenvalue weighted by atomic mass is 15.1. The van der Waals surface area contributed by atoms with Gasteiger partial charge in [-0.2, -0.15) is 17.6 Å². The maximum absolute atomic E-state index is 5.58. The summed E-state index contributed by atoms with van der Waals surface area (Å²) in [5, 5.41) is 10.5. The molecule has 8 aliphatic rings. The van der Waals surface area contributed by atoms with Crippen LogP contribution < -0.4 is 18.1 Å². The lowest BCUT2D eigenvalue weighted by atomic mass is 9.82. The van der Waals surface area contributed by atoms with Crippen molar-refractivity contribution in [1.82, 2.24) is 37.7 Å². The van der Waals surface area contributed by atoms with Gasteiger partial charge in [-0.05, 0) is 337 Å². The fourth-order valence-electron chi connectivity index (χ4n) is 28.4. The molecule has 136 heavy (non-hydrogen) atoms. The van der Waals surface area contributed by atoms with Gasteiger partial charge >= 0.3 is 0 Å².